The fraction of sp³-hybridized carbons (Fsp3) is 0.571. The summed E-state index contributed by atoms with van der Waals surface area (Å²) >= 11 is 5.84. The van der Waals surface area contributed by atoms with Crippen molar-refractivity contribution >= 4 is 11.6 Å². The van der Waals surface area contributed by atoms with Crippen LogP contribution in [-0.4, -0.2) is 31.1 Å². The number of hydrogen-bond donors (Lipinski definition) is 1. The van der Waals surface area contributed by atoms with Crippen molar-refractivity contribution in [2.24, 2.45) is 5.92 Å². The molecule has 0 aromatic heterocycles. The lowest BCUT2D eigenvalue weighted by Gasteiger charge is -2.35. The van der Waals surface area contributed by atoms with Crippen molar-refractivity contribution in [1.82, 2.24) is 10.2 Å². The van der Waals surface area contributed by atoms with Gasteiger partial charge < -0.3 is 5.32 Å². The molecule has 4 heteroatoms. The molecule has 2 fully saturated rings. The van der Waals surface area contributed by atoms with Gasteiger partial charge in [-0.05, 0) is 30.9 Å². The van der Waals surface area contributed by atoms with Gasteiger partial charge in [-0.1, -0.05) is 17.7 Å². The van der Waals surface area contributed by atoms with E-state index in [2.05, 4.69) is 10.2 Å². The van der Waals surface area contributed by atoms with Gasteiger partial charge in [0.1, 0.15) is 5.82 Å². The Bertz CT molecular complexity index is 428. The predicted molar refractivity (Wildman–Crippen MR) is 71.3 cm³/mol. The maximum absolute atomic E-state index is 14.1. The lowest BCUT2D eigenvalue weighted by Crippen LogP contribution is -2.45. The van der Waals surface area contributed by atoms with Gasteiger partial charge in [0.05, 0.1) is 0 Å². The number of hydrogen-bond acceptors (Lipinski definition) is 2. The maximum Gasteiger partial charge on any atom is 0.129 e. The normalized spacial score (nSPS) is 23.0. The molecule has 1 aliphatic heterocycles. The maximum atomic E-state index is 14.1. The van der Waals surface area contributed by atoms with Crippen LogP contribution in [0.1, 0.15) is 24.4 Å². The van der Waals surface area contributed by atoms with E-state index in [1.807, 2.05) is 6.07 Å². The van der Waals surface area contributed by atoms with E-state index < -0.39 is 0 Å². The van der Waals surface area contributed by atoms with E-state index in [1.165, 1.54) is 18.9 Å². The van der Waals surface area contributed by atoms with Crippen LogP contribution in [0.3, 0.4) is 0 Å². The molecule has 3 rings (SSSR count). The third-order valence-corrected chi connectivity index (χ3v) is 4.13. The second kappa shape index (κ2) is 5.16. The van der Waals surface area contributed by atoms with E-state index in [-0.39, 0.29) is 11.9 Å². The standard InChI is InChI=1S/C14H18ClFN2/c15-11-3-4-12(13(16)9-11)14(10-1-2-10)18-7-5-17-6-8-18/h3-4,9-10,14,17H,1-2,5-8H2/t14-/m1/s1. The Balaban J connectivity index is 1.88. The van der Waals surface area contributed by atoms with Crippen LogP contribution in [0, 0.1) is 11.7 Å². The van der Waals surface area contributed by atoms with Crippen molar-refractivity contribution in [3.8, 4) is 0 Å². The Kier molecular flexibility index (Phi) is 3.55. The highest BCUT2D eigenvalue weighted by atomic mass is 35.5. The van der Waals surface area contributed by atoms with E-state index in [0.29, 0.717) is 10.9 Å². The van der Waals surface area contributed by atoms with Gasteiger partial charge in [0.25, 0.3) is 0 Å². The van der Waals surface area contributed by atoms with Gasteiger partial charge in [-0.15, -0.1) is 0 Å². The molecule has 1 aliphatic carbocycles. The summed E-state index contributed by atoms with van der Waals surface area (Å²) in [7, 11) is 0. The van der Waals surface area contributed by atoms with Crippen molar-refractivity contribution in [3.05, 3.63) is 34.6 Å². The number of piperazine rings is 1. The summed E-state index contributed by atoms with van der Waals surface area (Å²) in [5.74, 6) is 0.469. The first-order valence-electron chi connectivity index (χ1n) is 6.65. The molecule has 1 atom stereocenters. The van der Waals surface area contributed by atoms with Crippen molar-refractivity contribution in [2.45, 2.75) is 18.9 Å². The first-order chi connectivity index (χ1) is 8.75. The van der Waals surface area contributed by atoms with Gasteiger partial charge in [0.15, 0.2) is 0 Å². The second-order valence-corrected chi connectivity index (χ2v) is 5.67. The zero-order valence-corrected chi connectivity index (χ0v) is 11.1. The van der Waals surface area contributed by atoms with Crippen molar-refractivity contribution in [3.63, 3.8) is 0 Å². The number of halogens is 2. The van der Waals surface area contributed by atoms with Gasteiger partial charge in [-0.25, -0.2) is 4.39 Å². The minimum atomic E-state index is -0.155. The molecule has 1 N–H and O–H groups in total. The third kappa shape index (κ3) is 2.53. The van der Waals surface area contributed by atoms with E-state index in [4.69, 9.17) is 11.6 Å². The minimum absolute atomic E-state index is 0.155. The molecule has 18 heavy (non-hydrogen) atoms. The average molecular weight is 269 g/mol. The number of benzene rings is 1. The molecular formula is C14H18ClFN2. The Morgan fingerprint density at radius 2 is 2.00 bits per heavy atom. The molecule has 0 spiro atoms. The van der Waals surface area contributed by atoms with Crippen LogP contribution >= 0.6 is 11.6 Å². The summed E-state index contributed by atoms with van der Waals surface area (Å²) < 4.78 is 14.1. The largest absolute Gasteiger partial charge is 0.314 e. The van der Waals surface area contributed by atoms with Crippen molar-refractivity contribution < 1.29 is 4.39 Å². The van der Waals surface area contributed by atoms with Gasteiger partial charge >= 0.3 is 0 Å². The van der Waals surface area contributed by atoms with Crippen molar-refractivity contribution in [2.75, 3.05) is 26.2 Å². The Hall–Kier alpha value is -0.640. The smallest absolute Gasteiger partial charge is 0.129 e. The molecule has 2 nitrogen and oxygen atoms in total. The van der Waals surface area contributed by atoms with E-state index in [0.717, 1.165) is 31.7 Å². The molecular weight excluding hydrogens is 251 g/mol. The second-order valence-electron chi connectivity index (χ2n) is 5.23. The van der Waals surface area contributed by atoms with Crippen LogP contribution in [-0.2, 0) is 0 Å². The van der Waals surface area contributed by atoms with Crippen LogP contribution < -0.4 is 5.32 Å². The molecule has 1 aromatic rings. The van der Waals surface area contributed by atoms with E-state index >= 15 is 0 Å². The van der Waals surface area contributed by atoms with Gasteiger partial charge in [-0.2, -0.15) is 0 Å². The molecule has 0 bridgehead atoms. The topological polar surface area (TPSA) is 15.3 Å². The third-order valence-electron chi connectivity index (χ3n) is 3.89. The molecule has 98 valence electrons. The Morgan fingerprint density at radius 1 is 1.28 bits per heavy atom. The summed E-state index contributed by atoms with van der Waals surface area (Å²) in [6.45, 7) is 4.00. The fourth-order valence-electron chi connectivity index (χ4n) is 2.86. The molecule has 2 aliphatic rings. The van der Waals surface area contributed by atoms with Crippen LogP contribution in [0.5, 0.6) is 0 Å². The lowest BCUT2D eigenvalue weighted by atomic mass is 9.99. The molecule has 1 heterocycles. The minimum Gasteiger partial charge on any atom is -0.314 e. The number of rotatable bonds is 3. The summed E-state index contributed by atoms with van der Waals surface area (Å²) in [4.78, 5) is 2.42. The lowest BCUT2D eigenvalue weighted by molar-refractivity contribution is 0.153. The van der Waals surface area contributed by atoms with Crippen molar-refractivity contribution in [1.29, 1.82) is 0 Å². The molecule has 1 saturated carbocycles. The first-order valence-corrected chi connectivity index (χ1v) is 7.03. The molecule has 0 amide bonds. The van der Waals surface area contributed by atoms with Crippen LogP contribution in [0.25, 0.3) is 0 Å². The Labute approximate surface area is 112 Å². The zero-order chi connectivity index (χ0) is 12.5. The molecule has 1 saturated heterocycles. The summed E-state index contributed by atoms with van der Waals surface area (Å²) in [6.07, 6.45) is 2.44. The average Bonchev–Trinajstić information content (AvgIpc) is 3.18. The predicted octanol–water partition coefficient (Wildman–Crippen LogP) is 2.84. The van der Waals surface area contributed by atoms with Crippen LogP contribution in [0.4, 0.5) is 4.39 Å². The SMILES string of the molecule is Fc1cc(Cl)ccc1[C@@H](C1CC1)N1CCNCC1. The van der Waals surface area contributed by atoms with E-state index in [9.17, 15) is 4.39 Å². The van der Waals surface area contributed by atoms with Crippen LogP contribution in [0.15, 0.2) is 18.2 Å². The zero-order valence-electron chi connectivity index (χ0n) is 10.3. The van der Waals surface area contributed by atoms with Gasteiger partial charge in [-0.3, -0.25) is 4.90 Å². The summed E-state index contributed by atoms with van der Waals surface area (Å²) in [5.41, 5.74) is 0.823. The van der Waals surface area contributed by atoms with Gasteiger partial charge in [0, 0.05) is 42.8 Å². The summed E-state index contributed by atoms with van der Waals surface area (Å²) in [6, 6.07) is 5.35. The highest BCUT2D eigenvalue weighted by Gasteiger charge is 2.37. The molecule has 0 unspecified atom stereocenters. The fourth-order valence-corrected chi connectivity index (χ4v) is 3.02. The summed E-state index contributed by atoms with van der Waals surface area (Å²) in [5, 5.41) is 3.83. The Morgan fingerprint density at radius 3 is 2.61 bits per heavy atom. The van der Waals surface area contributed by atoms with Crippen LogP contribution in [0.2, 0.25) is 5.02 Å². The molecule has 0 radical (unpaired) electrons. The quantitative estimate of drug-likeness (QED) is 0.907. The highest BCUT2D eigenvalue weighted by Crippen LogP contribution is 2.45. The first kappa shape index (κ1) is 12.4. The number of nitrogens with zero attached hydrogens (tertiary/aromatic N) is 1. The van der Waals surface area contributed by atoms with Gasteiger partial charge in [0.2, 0.25) is 0 Å². The highest BCUT2D eigenvalue weighted by molar-refractivity contribution is 6.30. The number of nitrogens with one attached hydrogen (secondary N) is 1. The van der Waals surface area contributed by atoms with E-state index in [1.54, 1.807) is 6.07 Å². The molecule has 1 aromatic carbocycles. The monoisotopic (exact) mass is 268 g/mol.